The molecule has 3 atom stereocenters. The maximum absolute atomic E-state index is 13.9. The van der Waals surface area contributed by atoms with Crippen molar-refractivity contribution in [2.45, 2.75) is 31.6 Å². The number of anilines is 1. The van der Waals surface area contributed by atoms with Crippen LogP contribution < -0.4 is 10.6 Å². The summed E-state index contributed by atoms with van der Waals surface area (Å²) < 4.78 is 19.4. The summed E-state index contributed by atoms with van der Waals surface area (Å²) in [6, 6.07) is 5.87. The van der Waals surface area contributed by atoms with Gasteiger partial charge in [-0.25, -0.2) is 4.39 Å². The fourth-order valence-corrected chi connectivity index (χ4v) is 3.31. The molecule has 2 aliphatic rings. The van der Waals surface area contributed by atoms with Gasteiger partial charge < -0.3 is 15.4 Å². The molecule has 23 heavy (non-hydrogen) atoms. The van der Waals surface area contributed by atoms with Crippen LogP contribution in [-0.2, 0) is 14.3 Å². The standard InChI is InChI=1S/C16H20FN3O3/c1-10-8-19(9-14(23-10)15(18)21)13-6-7-20(16(13)22)12-5-3-2-4-11(12)17/h2-5,10,13-14H,6-9H2,1H3,(H2,18,21)/t10-,13-,14+/m1/s1. The van der Waals surface area contributed by atoms with Gasteiger partial charge in [0.25, 0.3) is 0 Å². The van der Waals surface area contributed by atoms with Crippen molar-refractivity contribution in [1.29, 1.82) is 0 Å². The Kier molecular flexibility index (Phi) is 4.32. The number of ether oxygens (including phenoxy) is 1. The third-order valence-corrected chi connectivity index (χ3v) is 4.37. The number of primary amides is 1. The summed E-state index contributed by atoms with van der Waals surface area (Å²) >= 11 is 0. The van der Waals surface area contributed by atoms with Gasteiger partial charge in [-0.1, -0.05) is 12.1 Å². The minimum Gasteiger partial charge on any atom is -0.367 e. The fourth-order valence-electron chi connectivity index (χ4n) is 3.31. The minimum absolute atomic E-state index is 0.146. The summed E-state index contributed by atoms with van der Waals surface area (Å²) in [4.78, 5) is 27.5. The van der Waals surface area contributed by atoms with Crippen LogP contribution in [0.4, 0.5) is 10.1 Å². The van der Waals surface area contributed by atoms with Crippen molar-refractivity contribution in [1.82, 2.24) is 4.90 Å². The van der Waals surface area contributed by atoms with E-state index in [2.05, 4.69) is 0 Å². The lowest BCUT2D eigenvalue weighted by Crippen LogP contribution is -2.56. The Balaban J connectivity index is 1.76. The predicted octanol–water partition coefficient (Wildman–Crippen LogP) is 0.506. The van der Waals surface area contributed by atoms with E-state index in [0.29, 0.717) is 31.7 Å². The Bertz CT molecular complexity index is 624. The molecular formula is C16H20FN3O3. The molecule has 2 heterocycles. The predicted molar refractivity (Wildman–Crippen MR) is 82.3 cm³/mol. The lowest BCUT2D eigenvalue weighted by Gasteiger charge is -2.38. The third-order valence-electron chi connectivity index (χ3n) is 4.37. The number of carbonyl (C=O) groups excluding carboxylic acids is 2. The number of morpholine rings is 1. The number of carbonyl (C=O) groups is 2. The van der Waals surface area contributed by atoms with E-state index in [9.17, 15) is 14.0 Å². The molecule has 0 radical (unpaired) electrons. The average Bonchev–Trinajstić information content (AvgIpc) is 2.88. The molecule has 0 saturated carbocycles. The highest BCUT2D eigenvalue weighted by molar-refractivity contribution is 5.99. The first-order valence-corrected chi connectivity index (χ1v) is 7.72. The molecule has 7 heteroatoms. The van der Waals surface area contributed by atoms with Crippen LogP contribution in [0.2, 0.25) is 0 Å². The van der Waals surface area contributed by atoms with Crippen molar-refractivity contribution in [2.24, 2.45) is 5.73 Å². The van der Waals surface area contributed by atoms with Crippen molar-refractivity contribution in [3.05, 3.63) is 30.1 Å². The van der Waals surface area contributed by atoms with Crippen molar-refractivity contribution < 1.29 is 18.7 Å². The number of para-hydroxylation sites is 1. The lowest BCUT2D eigenvalue weighted by atomic mass is 10.1. The molecular weight excluding hydrogens is 301 g/mol. The molecule has 2 fully saturated rings. The van der Waals surface area contributed by atoms with Gasteiger partial charge in [-0.15, -0.1) is 0 Å². The Morgan fingerprint density at radius 2 is 2.09 bits per heavy atom. The molecule has 2 saturated heterocycles. The van der Waals surface area contributed by atoms with Crippen LogP contribution in [-0.4, -0.2) is 54.6 Å². The van der Waals surface area contributed by atoms with Gasteiger partial charge in [-0.2, -0.15) is 0 Å². The SMILES string of the molecule is C[C@@H]1CN([C@@H]2CCN(c3ccccc3F)C2=O)C[C@@H](C(N)=O)O1. The van der Waals surface area contributed by atoms with Gasteiger partial charge in [0, 0.05) is 19.6 Å². The van der Waals surface area contributed by atoms with Crippen LogP contribution in [0.3, 0.4) is 0 Å². The first-order chi connectivity index (χ1) is 11.0. The average molecular weight is 321 g/mol. The van der Waals surface area contributed by atoms with E-state index in [0.717, 1.165) is 0 Å². The van der Waals surface area contributed by atoms with E-state index < -0.39 is 17.8 Å². The number of amides is 2. The van der Waals surface area contributed by atoms with E-state index in [4.69, 9.17) is 10.5 Å². The molecule has 2 amide bonds. The number of nitrogens with two attached hydrogens (primary N) is 1. The summed E-state index contributed by atoms with van der Waals surface area (Å²) in [6.07, 6.45) is -0.309. The summed E-state index contributed by atoms with van der Waals surface area (Å²) in [5, 5.41) is 0. The van der Waals surface area contributed by atoms with Crippen LogP contribution in [0.25, 0.3) is 0 Å². The largest absolute Gasteiger partial charge is 0.367 e. The van der Waals surface area contributed by atoms with Gasteiger partial charge in [0.15, 0.2) is 0 Å². The molecule has 0 bridgehead atoms. The fraction of sp³-hybridized carbons (Fsp3) is 0.500. The normalized spacial score (nSPS) is 29.0. The summed E-state index contributed by atoms with van der Waals surface area (Å²) in [5.74, 6) is -1.09. The highest BCUT2D eigenvalue weighted by atomic mass is 19.1. The molecule has 1 aromatic carbocycles. The number of halogens is 1. The molecule has 0 aliphatic carbocycles. The molecule has 2 N–H and O–H groups in total. The van der Waals surface area contributed by atoms with Gasteiger partial charge in [-0.05, 0) is 25.5 Å². The van der Waals surface area contributed by atoms with Gasteiger partial charge >= 0.3 is 0 Å². The number of benzene rings is 1. The van der Waals surface area contributed by atoms with Gasteiger partial charge in [0.05, 0.1) is 17.8 Å². The topological polar surface area (TPSA) is 75.9 Å². The highest BCUT2D eigenvalue weighted by Gasteiger charge is 2.41. The smallest absolute Gasteiger partial charge is 0.247 e. The number of hydrogen-bond donors (Lipinski definition) is 1. The van der Waals surface area contributed by atoms with E-state index in [1.165, 1.54) is 11.0 Å². The van der Waals surface area contributed by atoms with E-state index in [1.807, 2.05) is 11.8 Å². The second kappa shape index (κ2) is 6.25. The van der Waals surface area contributed by atoms with Gasteiger partial charge in [-0.3, -0.25) is 14.5 Å². The zero-order valence-corrected chi connectivity index (χ0v) is 12.9. The first-order valence-electron chi connectivity index (χ1n) is 7.72. The lowest BCUT2D eigenvalue weighted by molar-refractivity contribution is -0.147. The van der Waals surface area contributed by atoms with E-state index in [1.54, 1.807) is 18.2 Å². The van der Waals surface area contributed by atoms with Crippen molar-refractivity contribution in [3.8, 4) is 0 Å². The van der Waals surface area contributed by atoms with Gasteiger partial charge in [0.2, 0.25) is 11.8 Å². The van der Waals surface area contributed by atoms with E-state index >= 15 is 0 Å². The molecule has 1 aromatic rings. The summed E-state index contributed by atoms with van der Waals surface area (Å²) in [7, 11) is 0. The number of rotatable bonds is 3. The Hall–Kier alpha value is -1.99. The van der Waals surface area contributed by atoms with Crippen molar-refractivity contribution in [3.63, 3.8) is 0 Å². The Morgan fingerprint density at radius 3 is 2.78 bits per heavy atom. The minimum atomic E-state index is -0.714. The second-order valence-electron chi connectivity index (χ2n) is 6.04. The highest BCUT2D eigenvalue weighted by Crippen LogP contribution is 2.28. The second-order valence-corrected chi connectivity index (χ2v) is 6.04. The Morgan fingerprint density at radius 1 is 1.35 bits per heavy atom. The van der Waals surface area contributed by atoms with Gasteiger partial charge in [0.1, 0.15) is 11.9 Å². The number of nitrogens with zero attached hydrogens (tertiary/aromatic N) is 2. The summed E-state index contributed by atoms with van der Waals surface area (Å²) in [6.45, 7) is 3.14. The molecule has 0 spiro atoms. The van der Waals surface area contributed by atoms with Crippen LogP contribution >= 0.6 is 0 Å². The molecule has 2 aliphatic heterocycles. The number of hydrogen-bond acceptors (Lipinski definition) is 4. The third kappa shape index (κ3) is 3.07. The molecule has 0 aromatic heterocycles. The monoisotopic (exact) mass is 321 g/mol. The quantitative estimate of drug-likeness (QED) is 0.880. The summed E-state index contributed by atoms with van der Waals surface area (Å²) in [5.41, 5.74) is 5.63. The van der Waals surface area contributed by atoms with Crippen LogP contribution in [0.15, 0.2) is 24.3 Å². The first kappa shape index (κ1) is 15.9. The maximum atomic E-state index is 13.9. The van der Waals surface area contributed by atoms with Crippen LogP contribution in [0.1, 0.15) is 13.3 Å². The van der Waals surface area contributed by atoms with Crippen molar-refractivity contribution >= 4 is 17.5 Å². The van der Waals surface area contributed by atoms with Crippen LogP contribution in [0, 0.1) is 5.82 Å². The van der Waals surface area contributed by atoms with Crippen molar-refractivity contribution in [2.75, 3.05) is 24.5 Å². The zero-order valence-electron chi connectivity index (χ0n) is 12.9. The molecule has 124 valence electrons. The maximum Gasteiger partial charge on any atom is 0.247 e. The zero-order chi connectivity index (χ0) is 16.6. The molecule has 0 unspecified atom stereocenters. The Labute approximate surface area is 134 Å². The van der Waals surface area contributed by atoms with Crippen LogP contribution in [0.5, 0.6) is 0 Å². The van der Waals surface area contributed by atoms with E-state index in [-0.39, 0.29) is 18.1 Å². The molecule has 3 rings (SSSR count). The molecule has 6 nitrogen and oxygen atoms in total.